The summed E-state index contributed by atoms with van der Waals surface area (Å²) < 4.78 is 0. The Hall–Kier alpha value is -1.64. The Morgan fingerprint density at radius 1 is 1.12 bits per heavy atom. The van der Waals surface area contributed by atoms with E-state index in [-0.39, 0.29) is 5.66 Å². The van der Waals surface area contributed by atoms with Gasteiger partial charge in [-0.1, -0.05) is 30.3 Å². The second-order valence-corrected chi connectivity index (χ2v) is 4.53. The number of hydrogen-bond donors (Lipinski definition) is 0. The lowest BCUT2D eigenvalue weighted by Crippen LogP contribution is -2.42. The molecule has 0 N–H and O–H groups in total. The molecule has 84 valence electrons. The molecule has 0 saturated heterocycles. The Balaban J connectivity index is 2.46. The third-order valence-corrected chi connectivity index (χ3v) is 2.87. The molecular formula is C13H17N3. The molecule has 0 unspecified atom stereocenters. The lowest BCUT2D eigenvalue weighted by atomic mass is 10.0. The molecule has 0 aliphatic carbocycles. The second kappa shape index (κ2) is 3.74. The molecule has 1 heterocycles. The molecule has 0 aromatic heterocycles. The summed E-state index contributed by atoms with van der Waals surface area (Å²) in [5.41, 5.74) is 2.81. The van der Waals surface area contributed by atoms with Gasteiger partial charge in [-0.05, 0) is 20.8 Å². The highest BCUT2D eigenvalue weighted by atomic mass is 15.5. The van der Waals surface area contributed by atoms with E-state index in [0.717, 1.165) is 17.0 Å². The molecule has 0 bridgehead atoms. The predicted molar refractivity (Wildman–Crippen MR) is 67.9 cm³/mol. The van der Waals surface area contributed by atoms with Gasteiger partial charge in [-0.3, -0.25) is 10.0 Å². The van der Waals surface area contributed by atoms with Crippen LogP contribution in [0.4, 0.5) is 0 Å². The molecule has 1 aromatic carbocycles. The van der Waals surface area contributed by atoms with Gasteiger partial charge in [-0.25, -0.2) is 0 Å². The van der Waals surface area contributed by atoms with E-state index in [1.54, 1.807) is 0 Å². The Morgan fingerprint density at radius 3 is 2.38 bits per heavy atom. The van der Waals surface area contributed by atoms with Crippen molar-refractivity contribution in [2.75, 3.05) is 7.05 Å². The van der Waals surface area contributed by atoms with Gasteiger partial charge < -0.3 is 0 Å². The molecule has 0 radical (unpaired) electrons. The van der Waals surface area contributed by atoms with Crippen LogP contribution in [0.5, 0.6) is 0 Å². The van der Waals surface area contributed by atoms with Crippen LogP contribution in [0.3, 0.4) is 0 Å². The quantitative estimate of drug-likeness (QED) is 0.707. The molecular weight excluding hydrogens is 198 g/mol. The van der Waals surface area contributed by atoms with Crippen LogP contribution in [0.15, 0.2) is 40.4 Å². The van der Waals surface area contributed by atoms with Gasteiger partial charge in [0.05, 0.1) is 11.4 Å². The number of nitrogens with zero attached hydrogens (tertiary/aromatic N) is 3. The Morgan fingerprint density at radius 2 is 1.75 bits per heavy atom. The Bertz CT molecular complexity index is 444. The zero-order valence-electron chi connectivity index (χ0n) is 10.2. The third kappa shape index (κ3) is 1.85. The van der Waals surface area contributed by atoms with Crippen molar-refractivity contribution in [2.45, 2.75) is 26.4 Å². The molecule has 1 aliphatic rings. The zero-order valence-corrected chi connectivity index (χ0v) is 10.2. The van der Waals surface area contributed by atoms with Gasteiger partial charge in [-0.15, -0.1) is 0 Å². The number of rotatable bonds is 1. The minimum absolute atomic E-state index is 0.273. The SMILES string of the molecule is CC1=NN(C)C(C)(C)N=C1c1ccccc1. The highest BCUT2D eigenvalue weighted by Gasteiger charge is 2.27. The monoisotopic (exact) mass is 215 g/mol. The molecule has 16 heavy (non-hydrogen) atoms. The van der Waals surface area contributed by atoms with Crippen molar-refractivity contribution in [3.8, 4) is 0 Å². The van der Waals surface area contributed by atoms with Crippen molar-refractivity contribution in [3.05, 3.63) is 35.9 Å². The fourth-order valence-corrected chi connectivity index (χ4v) is 1.69. The van der Waals surface area contributed by atoms with E-state index in [1.165, 1.54) is 0 Å². The Kier molecular flexibility index (Phi) is 2.54. The normalized spacial score (nSPS) is 19.1. The molecule has 1 aliphatic heterocycles. The van der Waals surface area contributed by atoms with Gasteiger partial charge in [0, 0.05) is 12.6 Å². The average Bonchev–Trinajstić information content (AvgIpc) is 2.25. The van der Waals surface area contributed by atoms with Crippen molar-refractivity contribution in [1.29, 1.82) is 0 Å². The number of aliphatic imine (C=N–C) groups is 1. The first-order valence-corrected chi connectivity index (χ1v) is 5.45. The Labute approximate surface area is 96.5 Å². The van der Waals surface area contributed by atoms with Gasteiger partial charge >= 0.3 is 0 Å². The second-order valence-electron chi connectivity index (χ2n) is 4.53. The van der Waals surface area contributed by atoms with Crippen LogP contribution in [0.2, 0.25) is 0 Å². The summed E-state index contributed by atoms with van der Waals surface area (Å²) in [5, 5.41) is 6.41. The third-order valence-electron chi connectivity index (χ3n) is 2.87. The fraction of sp³-hybridized carbons (Fsp3) is 0.385. The number of benzene rings is 1. The topological polar surface area (TPSA) is 28.0 Å². The predicted octanol–water partition coefficient (Wildman–Crippen LogP) is 2.53. The average molecular weight is 215 g/mol. The first-order valence-electron chi connectivity index (χ1n) is 5.45. The maximum absolute atomic E-state index is 4.76. The van der Waals surface area contributed by atoms with Gasteiger partial charge in [0.1, 0.15) is 5.66 Å². The van der Waals surface area contributed by atoms with Crippen LogP contribution in [0.1, 0.15) is 26.3 Å². The van der Waals surface area contributed by atoms with Gasteiger partial charge in [0.15, 0.2) is 0 Å². The van der Waals surface area contributed by atoms with E-state index in [1.807, 2.05) is 37.2 Å². The van der Waals surface area contributed by atoms with Gasteiger partial charge in [-0.2, -0.15) is 5.10 Å². The van der Waals surface area contributed by atoms with Crippen molar-refractivity contribution < 1.29 is 0 Å². The number of hydrazone groups is 1. The molecule has 0 amide bonds. The molecule has 0 spiro atoms. The summed E-state index contributed by atoms with van der Waals surface area (Å²) in [6.07, 6.45) is 0. The first-order chi connectivity index (χ1) is 7.50. The highest BCUT2D eigenvalue weighted by molar-refractivity contribution is 6.47. The summed E-state index contributed by atoms with van der Waals surface area (Å²) in [5.74, 6) is 0. The maximum atomic E-state index is 4.76. The molecule has 0 atom stereocenters. The van der Waals surface area contributed by atoms with Crippen LogP contribution >= 0.6 is 0 Å². The molecule has 2 rings (SSSR count). The van der Waals surface area contributed by atoms with E-state index in [2.05, 4.69) is 31.1 Å². The van der Waals surface area contributed by atoms with Crippen molar-refractivity contribution >= 4 is 11.4 Å². The summed E-state index contributed by atoms with van der Waals surface area (Å²) in [6.45, 7) is 6.12. The highest BCUT2D eigenvalue weighted by Crippen LogP contribution is 2.21. The molecule has 3 heteroatoms. The van der Waals surface area contributed by atoms with E-state index in [9.17, 15) is 0 Å². The van der Waals surface area contributed by atoms with E-state index in [4.69, 9.17) is 4.99 Å². The standard InChI is InChI=1S/C13H17N3/c1-10-12(11-8-6-5-7-9-11)14-13(2,3)16(4)15-10/h5-9H,1-4H3. The first kappa shape index (κ1) is 10.9. The van der Waals surface area contributed by atoms with Gasteiger partial charge in [0.2, 0.25) is 0 Å². The van der Waals surface area contributed by atoms with Crippen molar-refractivity contribution in [2.24, 2.45) is 10.1 Å². The summed E-state index contributed by atoms with van der Waals surface area (Å²) in [6, 6.07) is 10.2. The van der Waals surface area contributed by atoms with Crippen LogP contribution in [0, 0.1) is 0 Å². The lowest BCUT2D eigenvalue weighted by molar-refractivity contribution is 0.170. The van der Waals surface area contributed by atoms with Crippen LogP contribution in [0.25, 0.3) is 0 Å². The lowest BCUT2D eigenvalue weighted by Gasteiger charge is -2.34. The van der Waals surface area contributed by atoms with Crippen LogP contribution < -0.4 is 0 Å². The zero-order chi connectivity index (χ0) is 11.8. The summed E-state index contributed by atoms with van der Waals surface area (Å²) in [7, 11) is 1.95. The van der Waals surface area contributed by atoms with Crippen molar-refractivity contribution in [3.63, 3.8) is 0 Å². The van der Waals surface area contributed by atoms with E-state index >= 15 is 0 Å². The summed E-state index contributed by atoms with van der Waals surface area (Å²) in [4.78, 5) is 4.76. The van der Waals surface area contributed by atoms with Crippen LogP contribution in [-0.2, 0) is 0 Å². The van der Waals surface area contributed by atoms with E-state index in [0.29, 0.717) is 0 Å². The summed E-state index contributed by atoms with van der Waals surface area (Å²) >= 11 is 0. The number of hydrogen-bond acceptors (Lipinski definition) is 3. The molecule has 3 nitrogen and oxygen atoms in total. The van der Waals surface area contributed by atoms with Gasteiger partial charge in [0.25, 0.3) is 0 Å². The van der Waals surface area contributed by atoms with E-state index < -0.39 is 0 Å². The fourth-order valence-electron chi connectivity index (χ4n) is 1.69. The van der Waals surface area contributed by atoms with Crippen LogP contribution in [-0.4, -0.2) is 29.1 Å². The van der Waals surface area contributed by atoms with Crippen molar-refractivity contribution in [1.82, 2.24) is 5.01 Å². The molecule has 1 aromatic rings. The largest absolute Gasteiger partial charge is 0.273 e. The minimum Gasteiger partial charge on any atom is -0.273 e. The molecule has 0 fully saturated rings. The minimum atomic E-state index is -0.273. The maximum Gasteiger partial charge on any atom is 0.142 e. The molecule has 0 saturated carbocycles. The smallest absolute Gasteiger partial charge is 0.142 e.